The Hall–Kier alpha value is -0.150. The van der Waals surface area contributed by atoms with Crippen molar-refractivity contribution in [1.82, 2.24) is 4.31 Å². The van der Waals surface area contributed by atoms with Crippen LogP contribution in [-0.2, 0) is 4.79 Å². The van der Waals surface area contributed by atoms with Gasteiger partial charge >= 0.3 is 0 Å². The van der Waals surface area contributed by atoms with Crippen molar-refractivity contribution in [3.8, 4) is 0 Å². The van der Waals surface area contributed by atoms with Gasteiger partial charge in [0.05, 0.1) is 11.2 Å². The second-order valence-electron chi connectivity index (χ2n) is 2.03. The molecular formula is C6H10ClNOS. The Morgan fingerprint density at radius 3 is 2.40 bits per heavy atom. The molecule has 0 aliphatic heterocycles. The van der Waals surface area contributed by atoms with Crippen molar-refractivity contribution in [2.75, 3.05) is 0 Å². The van der Waals surface area contributed by atoms with Crippen LogP contribution in [-0.4, -0.2) is 16.3 Å². The first-order chi connectivity index (χ1) is 4.63. The molecule has 0 aliphatic carbocycles. The summed E-state index contributed by atoms with van der Waals surface area (Å²) >= 11 is 0.895. The lowest BCUT2D eigenvalue weighted by Gasteiger charge is -2.19. The van der Waals surface area contributed by atoms with Gasteiger partial charge in [-0.3, -0.25) is 9.10 Å². The number of halogens is 1. The number of nitrogens with zero attached hydrogens (tertiary/aromatic N) is 1. The summed E-state index contributed by atoms with van der Waals surface area (Å²) in [6.07, 6.45) is 1.25. The maximum atomic E-state index is 10.9. The van der Waals surface area contributed by atoms with Crippen LogP contribution in [0.1, 0.15) is 13.8 Å². The first kappa shape index (κ1) is 9.85. The highest BCUT2D eigenvalue weighted by molar-refractivity contribution is 8.19. The van der Waals surface area contributed by atoms with E-state index in [-0.39, 0.29) is 11.9 Å². The molecule has 0 aromatic heterocycles. The normalized spacial score (nSPS) is 9.60. The molecule has 0 unspecified atom stereocenters. The number of hydrogen-bond donors (Lipinski definition) is 0. The molecule has 0 radical (unpaired) electrons. The first-order valence-corrected chi connectivity index (χ1v) is 4.47. The third kappa shape index (κ3) is 2.62. The van der Waals surface area contributed by atoms with E-state index in [1.807, 2.05) is 13.8 Å². The van der Waals surface area contributed by atoms with Crippen LogP contribution in [0.15, 0.2) is 12.7 Å². The lowest BCUT2D eigenvalue weighted by molar-refractivity contribution is -0.122. The Balaban J connectivity index is 4.06. The Labute approximate surface area is 69.9 Å². The van der Waals surface area contributed by atoms with Gasteiger partial charge in [-0.1, -0.05) is 6.58 Å². The standard InChI is InChI=1S/C6H10ClNOS/c1-4-6(9)8(10-7)5(2)3/h4-5H,1H2,2-3H3. The Kier molecular flexibility index (Phi) is 4.56. The molecule has 4 heteroatoms. The largest absolute Gasteiger partial charge is 0.269 e. The maximum Gasteiger partial charge on any atom is 0.256 e. The third-order valence-electron chi connectivity index (χ3n) is 0.935. The zero-order chi connectivity index (χ0) is 8.15. The lowest BCUT2D eigenvalue weighted by Crippen LogP contribution is -2.27. The number of hydrogen-bond acceptors (Lipinski definition) is 2. The van der Waals surface area contributed by atoms with Crippen molar-refractivity contribution in [2.45, 2.75) is 19.9 Å². The van der Waals surface area contributed by atoms with Gasteiger partial charge < -0.3 is 0 Å². The molecule has 0 saturated carbocycles. The highest BCUT2D eigenvalue weighted by Gasteiger charge is 2.12. The van der Waals surface area contributed by atoms with Crippen LogP contribution in [0.2, 0.25) is 0 Å². The molecule has 0 fully saturated rings. The smallest absolute Gasteiger partial charge is 0.256 e. The third-order valence-corrected chi connectivity index (χ3v) is 2.13. The molecule has 0 rings (SSSR count). The molecule has 10 heavy (non-hydrogen) atoms. The molecule has 0 aliphatic rings. The van der Waals surface area contributed by atoms with Gasteiger partial charge in [0.1, 0.15) is 0 Å². The number of carbonyl (C=O) groups excluding carboxylic acids is 1. The summed E-state index contributed by atoms with van der Waals surface area (Å²) in [5.41, 5.74) is 0. The van der Waals surface area contributed by atoms with E-state index in [0.29, 0.717) is 0 Å². The van der Waals surface area contributed by atoms with Gasteiger partial charge in [0.15, 0.2) is 0 Å². The average molecular weight is 180 g/mol. The van der Waals surface area contributed by atoms with Crippen LogP contribution in [0.4, 0.5) is 0 Å². The summed E-state index contributed by atoms with van der Waals surface area (Å²) in [7, 11) is 5.41. The first-order valence-electron chi connectivity index (χ1n) is 2.87. The fraction of sp³-hybridized carbons (Fsp3) is 0.500. The van der Waals surface area contributed by atoms with Gasteiger partial charge in [0.2, 0.25) is 0 Å². The van der Waals surface area contributed by atoms with Crippen molar-refractivity contribution in [3.05, 3.63) is 12.7 Å². The second-order valence-corrected chi connectivity index (χ2v) is 2.98. The van der Waals surface area contributed by atoms with Crippen LogP contribution >= 0.6 is 21.8 Å². The summed E-state index contributed by atoms with van der Waals surface area (Å²) in [6.45, 7) is 7.12. The van der Waals surface area contributed by atoms with E-state index >= 15 is 0 Å². The fourth-order valence-electron chi connectivity index (χ4n) is 0.458. The van der Waals surface area contributed by atoms with Crippen LogP contribution in [0, 0.1) is 0 Å². The molecule has 0 atom stereocenters. The quantitative estimate of drug-likeness (QED) is 0.489. The monoisotopic (exact) mass is 179 g/mol. The minimum atomic E-state index is -0.157. The van der Waals surface area contributed by atoms with Crippen molar-refractivity contribution in [1.29, 1.82) is 0 Å². The predicted octanol–water partition coefficient (Wildman–Crippen LogP) is 2.21. The SMILES string of the molecule is C=CC(=O)N(SCl)C(C)C. The number of carbonyl (C=O) groups is 1. The van der Waals surface area contributed by atoms with Crippen LogP contribution in [0.3, 0.4) is 0 Å². The molecule has 2 nitrogen and oxygen atoms in total. The van der Waals surface area contributed by atoms with Crippen molar-refractivity contribution in [3.63, 3.8) is 0 Å². The van der Waals surface area contributed by atoms with E-state index in [0.717, 1.165) is 11.2 Å². The van der Waals surface area contributed by atoms with E-state index in [9.17, 15) is 4.79 Å². The molecule has 0 aromatic rings. The maximum absolute atomic E-state index is 10.9. The molecule has 1 amide bonds. The van der Waals surface area contributed by atoms with Crippen molar-refractivity contribution < 1.29 is 4.79 Å². The Morgan fingerprint density at radius 2 is 2.30 bits per heavy atom. The van der Waals surface area contributed by atoms with Gasteiger partial charge in [-0.25, -0.2) is 0 Å². The van der Waals surface area contributed by atoms with Crippen LogP contribution < -0.4 is 0 Å². The summed E-state index contributed by atoms with van der Waals surface area (Å²) in [5.74, 6) is -0.157. The molecular weight excluding hydrogens is 170 g/mol. The number of rotatable bonds is 3. The minimum Gasteiger partial charge on any atom is -0.269 e. The molecule has 58 valence electrons. The van der Waals surface area contributed by atoms with Gasteiger partial charge in [0.25, 0.3) is 5.91 Å². The minimum absolute atomic E-state index is 0.105. The molecule has 0 spiro atoms. The van der Waals surface area contributed by atoms with Gasteiger partial charge in [-0.15, -0.1) is 0 Å². The topological polar surface area (TPSA) is 20.3 Å². The zero-order valence-corrected chi connectivity index (χ0v) is 7.58. The van der Waals surface area contributed by atoms with E-state index < -0.39 is 0 Å². The lowest BCUT2D eigenvalue weighted by atomic mass is 10.4. The second kappa shape index (κ2) is 4.63. The molecule has 0 saturated heterocycles. The zero-order valence-electron chi connectivity index (χ0n) is 6.00. The highest BCUT2D eigenvalue weighted by Crippen LogP contribution is 2.18. The van der Waals surface area contributed by atoms with E-state index in [4.69, 9.17) is 10.7 Å². The molecule has 0 bridgehead atoms. The summed E-state index contributed by atoms with van der Waals surface area (Å²) in [5, 5.41) is 0. The van der Waals surface area contributed by atoms with E-state index in [2.05, 4.69) is 6.58 Å². The van der Waals surface area contributed by atoms with Gasteiger partial charge in [0, 0.05) is 6.04 Å². The van der Waals surface area contributed by atoms with Gasteiger partial charge in [-0.05, 0) is 30.6 Å². The summed E-state index contributed by atoms with van der Waals surface area (Å²) in [6, 6.07) is 0.105. The average Bonchev–Trinajstić information content (AvgIpc) is 1.88. The van der Waals surface area contributed by atoms with Crippen LogP contribution in [0.25, 0.3) is 0 Å². The van der Waals surface area contributed by atoms with Crippen LogP contribution in [0.5, 0.6) is 0 Å². The predicted molar refractivity (Wildman–Crippen MR) is 45.6 cm³/mol. The Morgan fingerprint density at radius 1 is 1.80 bits per heavy atom. The van der Waals surface area contributed by atoms with Crippen molar-refractivity contribution >= 4 is 27.8 Å². The molecule has 0 aromatic carbocycles. The molecule has 0 N–H and O–H groups in total. The Bertz CT molecular complexity index is 138. The van der Waals surface area contributed by atoms with Crippen molar-refractivity contribution in [2.24, 2.45) is 0 Å². The summed E-state index contributed by atoms with van der Waals surface area (Å²) < 4.78 is 1.44. The number of amides is 1. The van der Waals surface area contributed by atoms with Gasteiger partial charge in [-0.2, -0.15) is 0 Å². The van der Waals surface area contributed by atoms with E-state index in [1.54, 1.807) is 0 Å². The summed E-state index contributed by atoms with van der Waals surface area (Å²) in [4.78, 5) is 10.9. The fourth-order valence-corrected chi connectivity index (χ4v) is 1.44. The molecule has 0 heterocycles. The van der Waals surface area contributed by atoms with E-state index in [1.165, 1.54) is 10.4 Å². The highest BCUT2D eigenvalue weighted by atomic mass is 35.7.